The third-order valence-corrected chi connectivity index (χ3v) is 3.94. The molecule has 3 heteroatoms. The average molecular weight is 283 g/mol. The summed E-state index contributed by atoms with van der Waals surface area (Å²) in [7, 11) is 0. The highest BCUT2D eigenvalue weighted by molar-refractivity contribution is 7.97. The zero-order chi connectivity index (χ0) is 14.1. The smallest absolute Gasteiger partial charge is 0.118 e. The fraction of sp³-hybridized carbons (Fsp3) is 0.750. The van der Waals surface area contributed by atoms with Crippen molar-refractivity contribution in [2.45, 2.75) is 58.8 Å². The predicted octanol–water partition coefficient (Wildman–Crippen LogP) is 4.84. The van der Waals surface area contributed by atoms with Crippen molar-refractivity contribution in [2.24, 2.45) is 5.41 Å². The van der Waals surface area contributed by atoms with Gasteiger partial charge in [0.2, 0.25) is 0 Å². The van der Waals surface area contributed by atoms with Crippen molar-refractivity contribution >= 4 is 11.8 Å². The number of furan rings is 1. The van der Waals surface area contributed by atoms with E-state index in [0.717, 1.165) is 30.4 Å². The van der Waals surface area contributed by atoms with E-state index in [4.69, 9.17) is 4.42 Å². The van der Waals surface area contributed by atoms with Crippen molar-refractivity contribution in [3.05, 3.63) is 23.7 Å². The van der Waals surface area contributed by atoms with Crippen LogP contribution in [0.5, 0.6) is 0 Å². The van der Waals surface area contributed by atoms with Crippen molar-refractivity contribution in [3.63, 3.8) is 0 Å². The highest BCUT2D eigenvalue weighted by Gasteiger charge is 2.16. The second-order valence-electron chi connectivity index (χ2n) is 6.03. The number of unbranched alkanes of at least 4 members (excludes halogenated alkanes) is 2. The van der Waals surface area contributed by atoms with Crippen LogP contribution in [0.1, 0.15) is 58.0 Å². The lowest BCUT2D eigenvalue weighted by Crippen LogP contribution is -2.28. The quantitative estimate of drug-likeness (QED) is 0.622. The van der Waals surface area contributed by atoms with Crippen LogP contribution in [0, 0.1) is 5.41 Å². The first kappa shape index (κ1) is 16.6. The van der Waals surface area contributed by atoms with Crippen molar-refractivity contribution in [1.82, 2.24) is 5.32 Å². The molecule has 0 aromatic carbocycles. The Morgan fingerprint density at radius 1 is 1.21 bits per heavy atom. The maximum atomic E-state index is 5.75. The Morgan fingerprint density at radius 3 is 2.63 bits per heavy atom. The van der Waals surface area contributed by atoms with Gasteiger partial charge < -0.3 is 9.73 Å². The molecule has 2 nitrogen and oxygen atoms in total. The molecule has 0 bridgehead atoms. The highest BCUT2D eigenvalue weighted by Crippen LogP contribution is 2.23. The molecule has 0 unspecified atom stereocenters. The predicted molar refractivity (Wildman–Crippen MR) is 85.6 cm³/mol. The van der Waals surface area contributed by atoms with Gasteiger partial charge in [0.1, 0.15) is 11.5 Å². The van der Waals surface area contributed by atoms with Crippen molar-refractivity contribution in [3.8, 4) is 0 Å². The van der Waals surface area contributed by atoms with Gasteiger partial charge in [-0.25, -0.2) is 0 Å². The van der Waals surface area contributed by atoms with E-state index >= 15 is 0 Å². The third-order valence-electron chi connectivity index (χ3n) is 3.36. The topological polar surface area (TPSA) is 25.2 Å². The van der Waals surface area contributed by atoms with Gasteiger partial charge in [0.05, 0.1) is 12.3 Å². The first-order chi connectivity index (χ1) is 9.07. The molecule has 0 amide bonds. The lowest BCUT2D eigenvalue weighted by molar-refractivity contribution is 0.296. The zero-order valence-corrected chi connectivity index (χ0v) is 13.7. The second-order valence-corrected chi connectivity index (χ2v) is 6.89. The molecule has 0 saturated carbocycles. The summed E-state index contributed by atoms with van der Waals surface area (Å²) in [4.78, 5) is 0. The lowest BCUT2D eigenvalue weighted by atomic mass is 9.87. The lowest BCUT2D eigenvalue weighted by Gasteiger charge is -2.24. The molecule has 0 aliphatic heterocycles. The van der Waals surface area contributed by atoms with Gasteiger partial charge in [-0.3, -0.25) is 0 Å². The average Bonchev–Trinajstić information content (AvgIpc) is 2.77. The van der Waals surface area contributed by atoms with Gasteiger partial charge in [0.25, 0.3) is 0 Å². The van der Waals surface area contributed by atoms with Crippen LogP contribution in [0.3, 0.4) is 0 Å². The molecule has 1 aromatic heterocycles. The first-order valence-corrected chi connectivity index (χ1v) is 8.74. The molecule has 110 valence electrons. The molecule has 0 radical (unpaired) electrons. The first-order valence-electron chi connectivity index (χ1n) is 7.34. The molecule has 1 heterocycles. The van der Waals surface area contributed by atoms with Gasteiger partial charge in [0, 0.05) is 6.54 Å². The normalized spacial score (nSPS) is 12.0. The summed E-state index contributed by atoms with van der Waals surface area (Å²) in [5, 5.41) is 3.52. The van der Waals surface area contributed by atoms with Crippen LogP contribution in [0.25, 0.3) is 0 Å². The van der Waals surface area contributed by atoms with E-state index in [1.54, 1.807) is 11.8 Å². The fourth-order valence-electron chi connectivity index (χ4n) is 2.20. The van der Waals surface area contributed by atoms with Gasteiger partial charge in [0.15, 0.2) is 0 Å². The Bertz CT molecular complexity index is 346. The Labute approximate surface area is 122 Å². The molecule has 1 N–H and O–H groups in total. The summed E-state index contributed by atoms with van der Waals surface area (Å²) in [5.74, 6) is 3.09. The summed E-state index contributed by atoms with van der Waals surface area (Å²) in [6, 6.07) is 4.17. The van der Waals surface area contributed by atoms with E-state index in [-0.39, 0.29) is 0 Å². The minimum Gasteiger partial charge on any atom is -0.464 e. The maximum absolute atomic E-state index is 5.75. The van der Waals surface area contributed by atoms with Crippen LogP contribution in [-0.4, -0.2) is 12.8 Å². The largest absolute Gasteiger partial charge is 0.464 e. The fourth-order valence-corrected chi connectivity index (χ4v) is 2.64. The van der Waals surface area contributed by atoms with Crippen LogP contribution in [-0.2, 0) is 12.3 Å². The second kappa shape index (κ2) is 8.70. The van der Waals surface area contributed by atoms with E-state index in [9.17, 15) is 0 Å². The van der Waals surface area contributed by atoms with Gasteiger partial charge in [-0.05, 0) is 30.2 Å². The SMILES string of the molecule is CCCCCC(C)(C)CNCc1ccc(CSC)o1. The van der Waals surface area contributed by atoms with Crippen molar-refractivity contribution in [1.29, 1.82) is 0 Å². The Morgan fingerprint density at radius 2 is 1.95 bits per heavy atom. The van der Waals surface area contributed by atoms with Gasteiger partial charge in [-0.1, -0.05) is 40.0 Å². The zero-order valence-electron chi connectivity index (χ0n) is 12.9. The van der Waals surface area contributed by atoms with E-state index in [1.807, 2.05) is 0 Å². The molecule has 0 aliphatic rings. The minimum atomic E-state index is 0.379. The number of rotatable bonds is 10. The highest BCUT2D eigenvalue weighted by atomic mass is 32.2. The van der Waals surface area contributed by atoms with Gasteiger partial charge in [-0.2, -0.15) is 11.8 Å². The van der Waals surface area contributed by atoms with Gasteiger partial charge in [-0.15, -0.1) is 0 Å². The van der Waals surface area contributed by atoms with E-state index in [0.29, 0.717) is 5.41 Å². The van der Waals surface area contributed by atoms with Crippen molar-refractivity contribution in [2.75, 3.05) is 12.8 Å². The molecule has 0 spiro atoms. The molecule has 0 fully saturated rings. The number of hydrogen-bond donors (Lipinski definition) is 1. The summed E-state index contributed by atoms with van der Waals surface area (Å²) >= 11 is 1.79. The number of nitrogens with one attached hydrogen (secondary N) is 1. The summed E-state index contributed by atoms with van der Waals surface area (Å²) in [6.45, 7) is 8.84. The van der Waals surface area contributed by atoms with Crippen LogP contribution in [0.4, 0.5) is 0 Å². The van der Waals surface area contributed by atoms with Crippen LogP contribution in [0.15, 0.2) is 16.5 Å². The van der Waals surface area contributed by atoms with Crippen LogP contribution in [0.2, 0.25) is 0 Å². The molecule has 1 rings (SSSR count). The van der Waals surface area contributed by atoms with E-state index in [2.05, 4.69) is 44.5 Å². The number of thioether (sulfide) groups is 1. The van der Waals surface area contributed by atoms with E-state index in [1.165, 1.54) is 25.7 Å². The van der Waals surface area contributed by atoms with Crippen LogP contribution < -0.4 is 5.32 Å². The minimum absolute atomic E-state index is 0.379. The molecule has 19 heavy (non-hydrogen) atoms. The third kappa shape index (κ3) is 7.07. The molecule has 0 atom stereocenters. The Hall–Kier alpha value is -0.410. The molecule has 0 aliphatic carbocycles. The molecular formula is C16H29NOS. The number of hydrogen-bond acceptors (Lipinski definition) is 3. The van der Waals surface area contributed by atoms with Gasteiger partial charge >= 0.3 is 0 Å². The Kier molecular flexibility index (Phi) is 7.62. The van der Waals surface area contributed by atoms with Crippen LogP contribution >= 0.6 is 11.8 Å². The monoisotopic (exact) mass is 283 g/mol. The maximum Gasteiger partial charge on any atom is 0.118 e. The molecular weight excluding hydrogens is 254 g/mol. The summed E-state index contributed by atoms with van der Waals surface area (Å²) in [5.41, 5.74) is 0.379. The molecule has 0 saturated heterocycles. The molecule has 1 aromatic rings. The standard InChI is InChI=1S/C16H29NOS/c1-5-6-7-10-16(2,3)13-17-11-14-8-9-15(18-14)12-19-4/h8-9,17H,5-7,10-13H2,1-4H3. The summed E-state index contributed by atoms with van der Waals surface area (Å²) < 4.78 is 5.75. The van der Waals surface area contributed by atoms with E-state index < -0.39 is 0 Å². The van der Waals surface area contributed by atoms with Crippen molar-refractivity contribution < 1.29 is 4.42 Å². The summed E-state index contributed by atoms with van der Waals surface area (Å²) in [6.07, 6.45) is 7.38. The Balaban J connectivity index is 2.24.